The summed E-state index contributed by atoms with van der Waals surface area (Å²) in [5.41, 5.74) is 5.89. The number of benzene rings is 1. The van der Waals surface area contributed by atoms with Crippen LogP contribution in [0.5, 0.6) is 0 Å². The van der Waals surface area contributed by atoms with Crippen LogP contribution in [0.4, 0.5) is 10.1 Å². The molecule has 1 fully saturated rings. The van der Waals surface area contributed by atoms with E-state index in [0.29, 0.717) is 15.4 Å². The summed E-state index contributed by atoms with van der Waals surface area (Å²) in [7, 11) is 0. The number of anilines is 1. The zero-order valence-corrected chi connectivity index (χ0v) is 13.1. The molecule has 6 heteroatoms. The lowest BCUT2D eigenvalue weighted by Gasteiger charge is -2.34. The highest BCUT2D eigenvalue weighted by Gasteiger charge is 2.24. The summed E-state index contributed by atoms with van der Waals surface area (Å²) in [4.78, 5) is 13.5. The molecular formula is C13H16BrFN2OS. The smallest absolute Gasteiger partial charge is 0.253 e. The van der Waals surface area contributed by atoms with E-state index in [4.69, 9.17) is 5.73 Å². The van der Waals surface area contributed by atoms with E-state index in [1.807, 2.05) is 16.7 Å². The Balaban J connectivity index is 2.31. The Morgan fingerprint density at radius 3 is 2.63 bits per heavy atom. The molecule has 1 heterocycles. The second-order valence-corrected chi connectivity index (χ2v) is 6.62. The molecule has 0 aliphatic carbocycles. The SMILES string of the molecule is CSC1CCN(c2cc(Br)cc(F)c2C(N)=O)CC1. The third-order valence-electron chi connectivity index (χ3n) is 3.40. The Hall–Kier alpha value is -0.750. The molecule has 0 spiro atoms. The number of carbonyl (C=O) groups excluding carboxylic acids is 1. The van der Waals surface area contributed by atoms with Crippen LogP contribution in [-0.4, -0.2) is 30.5 Å². The van der Waals surface area contributed by atoms with E-state index in [9.17, 15) is 9.18 Å². The van der Waals surface area contributed by atoms with E-state index >= 15 is 0 Å². The minimum absolute atomic E-state index is 0.00852. The molecule has 19 heavy (non-hydrogen) atoms. The molecule has 1 aliphatic rings. The summed E-state index contributed by atoms with van der Waals surface area (Å²) in [5.74, 6) is -1.28. The summed E-state index contributed by atoms with van der Waals surface area (Å²) >= 11 is 5.12. The number of primary amides is 1. The molecule has 0 unspecified atom stereocenters. The summed E-state index contributed by atoms with van der Waals surface area (Å²) < 4.78 is 14.5. The Morgan fingerprint density at radius 2 is 2.11 bits per heavy atom. The van der Waals surface area contributed by atoms with E-state index in [1.165, 1.54) is 6.07 Å². The first-order valence-corrected chi connectivity index (χ1v) is 8.17. The van der Waals surface area contributed by atoms with Crippen molar-refractivity contribution in [1.82, 2.24) is 0 Å². The summed E-state index contributed by atoms with van der Waals surface area (Å²) in [6.07, 6.45) is 4.18. The zero-order valence-electron chi connectivity index (χ0n) is 10.7. The van der Waals surface area contributed by atoms with Crippen LogP contribution in [0, 0.1) is 5.82 Å². The van der Waals surface area contributed by atoms with Crippen molar-refractivity contribution < 1.29 is 9.18 Å². The predicted octanol–water partition coefficient (Wildman–Crippen LogP) is 3.02. The van der Waals surface area contributed by atoms with Crippen LogP contribution in [0.2, 0.25) is 0 Å². The van der Waals surface area contributed by atoms with Gasteiger partial charge in [-0.2, -0.15) is 11.8 Å². The van der Waals surface area contributed by atoms with Gasteiger partial charge >= 0.3 is 0 Å². The highest BCUT2D eigenvalue weighted by atomic mass is 79.9. The summed E-state index contributed by atoms with van der Waals surface area (Å²) in [5, 5.41) is 0.644. The quantitative estimate of drug-likeness (QED) is 0.914. The molecule has 3 nitrogen and oxygen atoms in total. The van der Waals surface area contributed by atoms with E-state index < -0.39 is 11.7 Å². The molecule has 1 aliphatic heterocycles. The van der Waals surface area contributed by atoms with Crippen LogP contribution in [0.3, 0.4) is 0 Å². The van der Waals surface area contributed by atoms with Gasteiger partial charge in [-0.15, -0.1) is 0 Å². The van der Waals surface area contributed by atoms with Crippen LogP contribution in [0.15, 0.2) is 16.6 Å². The third-order valence-corrected chi connectivity index (χ3v) is 4.99. The first kappa shape index (κ1) is 14.7. The highest BCUT2D eigenvalue weighted by Crippen LogP contribution is 2.31. The molecule has 0 atom stereocenters. The van der Waals surface area contributed by atoms with Crippen molar-refractivity contribution in [2.75, 3.05) is 24.2 Å². The maximum Gasteiger partial charge on any atom is 0.253 e. The minimum Gasteiger partial charge on any atom is -0.371 e. The maximum atomic E-state index is 13.9. The van der Waals surface area contributed by atoms with Gasteiger partial charge in [0, 0.05) is 22.8 Å². The van der Waals surface area contributed by atoms with Gasteiger partial charge in [-0.1, -0.05) is 15.9 Å². The number of piperidine rings is 1. The van der Waals surface area contributed by atoms with Gasteiger partial charge in [-0.25, -0.2) is 4.39 Å². The number of carbonyl (C=O) groups is 1. The Kier molecular flexibility index (Phi) is 4.73. The number of nitrogens with two attached hydrogens (primary N) is 1. The molecule has 1 saturated heterocycles. The lowest BCUT2D eigenvalue weighted by Crippen LogP contribution is -2.36. The minimum atomic E-state index is -0.716. The molecule has 104 valence electrons. The number of hydrogen-bond donors (Lipinski definition) is 1. The second-order valence-electron chi connectivity index (χ2n) is 4.57. The van der Waals surface area contributed by atoms with E-state index in [0.717, 1.165) is 25.9 Å². The standard InChI is InChI=1S/C13H16BrFN2OS/c1-19-9-2-4-17(5-3-9)11-7-8(14)6-10(15)12(11)13(16)18/h6-7,9H,2-5H2,1H3,(H2,16,18). The molecule has 0 saturated carbocycles. The first-order valence-electron chi connectivity index (χ1n) is 6.09. The highest BCUT2D eigenvalue weighted by molar-refractivity contribution is 9.10. The summed E-state index contributed by atoms with van der Waals surface area (Å²) in [6.45, 7) is 1.64. The lowest BCUT2D eigenvalue weighted by molar-refractivity contribution is 0.0997. The topological polar surface area (TPSA) is 46.3 Å². The Morgan fingerprint density at radius 1 is 1.47 bits per heavy atom. The monoisotopic (exact) mass is 346 g/mol. The van der Waals surface area contributed by atoms with Gasteiger partial charge in [-0.3, -0.25) is 4.79 Å². The molecule has 1 aromatic rings. The average Bonchev–Trinajstić information content (AvgIpc) is 2.37. The molecule has 2 N–H and O–H groups in total. The Labute approximate surface area is 124 Å². The molecule has 1 aromatic carbocycles. The third kappa shape index (κ3) is 3.23. The molecular weight excluding hydrogens is 331 g/mol. The zero-order chi connectivity index (χ0) is 14.0. The van der Waals surface area contributed by atoms with Crippen molar-refractivity contribution in [2.45, 2.75) is 18.1 Å². The normalized spacial score (nSPS) is 16.7. The van der Waals surface area contributed by atoms with Gasteiger partial charge in [0.05, 0.1) is 11.3 Å². The molecule has 1 amide bonds. The molecule has 2 rings (SSSR count). The maximum absolute atomic E-state index is 13.9. The van der Waals surface area contributed by atoms with Crippen LogP contribution < -0.4 is 10.6 Å². The van der Waals surface area contributed by atoms with Crippen molar-refractivity contribution in [2.24, 2.45) is 5.73 Å². The van der Waals surface area contributed by atoms with Crippen LogP contribution in [0.25, 0.3) is 0 Å². The van der Waals surface area contributed by atoms with Crippen molar-refractivity contribution in [3.63, 3.8) is 0 Å². The second kappa shape index (κ2) is 6.13. The van der Waals surface area contributed by atoms with Gasteiger partial charge in [0.2, 0.25) is 0 Å². The molecule has 0 radical (unpaired) electrons. The van der Waals surface area contributed by atoms with Crippen LogP contribution in [0.1, 0.15) is 23.2 Å². The van der Waals surface area contributed by atoms with Crippen molar-refractivity contribution in [3.05, 3.63) is 28.0 Å². The van der Waals surface area contributed by atoms with E-state index in [2.05, 4.69) is 22.2 Å². The average molecular weight is 347 g/mol. The molecule has 0 bridgehead atoms. The predicted molar refractivity (Wildman–Crippen MR) is 81.4 cm³/mol. The van der Waals surface area contributed by atoms with Crippen LogP contribution in [-0.2, 0) is 0 Å². The first-order chi connectivity index (χ1) is 9.02. The number of nitrogens with zero attached hydrogens (tertiary/aromatic N) is 1. The van der Waals surface area contributed by atoms with Gasteiger partial charge in [0.25, 0.3) is 5.91 Å². The number of thioether (sulfide) groups is 1. The van der Waals surface area contributed by atoms with Crippen molar-refractivity contribution >= 4 is 39.3 Å². The number of rotatable bonds is 3. The fourth-order valence-electron chi connectivity index (χ4n) is 2.39. The van der Waals surface area contributed by atoms with Gasteiger partial charge in [-0.05, 0) is 31.2 Å². The fraction of sp³-hybridized carbons (Fsp3) is 0.462. The van der Waals surface area contributed by atoms with Gasteiger partial charge < -0.3 is 10.6 Å². The van der Waals surface area contributed by atoms with Gasteiger partial charge in [0.15, 0.2) is 0 Å². The van der Waals surface area contributed by atoms with Gasteiger partial charge in [0.1, 0.15) is 5.82 Å². The van der Waals surface area contributed by atoms with E-state index in [1.54, 1.807) is 6.07 Å². The lowest BCUT2D eigenvalue weighted by atomic mass is 10.1. The largest absolute Gasteiger partial charge is 0.371 e. The van der Waals surface area contributed by atoms with Crippen molar-refractivity contribution in [3.8, 4) is 0 Å². The fourth-order valence-corrected chi connectivity index (χ4v) is 3.49. The number of halogens is 2. The van der Waals surface area contributed by atoms with Crippen molar-refractivity contribution in [1.29, 1.82) is 0 Å². The van der Waals surface area contributed by atoms with Crippen LogP contribution >= 0.6 is 27.7 Å². The summed E-state index contributed by atoms with van der Waals surface area (Å²) in [6, 6.07) is 3.04. The molecule has 0 aromatic heterocycles. The van der Waals surface area contributed by atoms with E-state index in [-0.39, 0.29) is 5.56 Å². The Bertz CT molecular complexity index is 490. The number of amides is 1. The number of hydrogen-bond acceptors (Lipinski definition) is 3.